The Kier molecular flexibility index (Phi) is 6.53. The number of pyridine rings is 1. The van der Waals surface area contributed by atoms with E-state index in [2.05, 4.69) is 48.8 Å². The predicted octanol–water partition coefficient (Wildman–Crippen LogP) is 3.17. The number of rotatable bonds is 4. The fourth-order valence-corrected chi connectivity index (χ4v) is 7.18. The van der Waals surface area contributed by atoms with Crippen LogP contribution in [-0.4, -0.2) is 49.4 Å². The van der Waals surface area contributed by atoms with Crippen LogP contribution < -0.4 is 26.0 Å². The highest BCUT2D eigenvalue weighted by Gasteiger charge is 2.49. The number of benzene rings is 1. The molecule has 6 rings (SSSR count). The largest absolute Gasteiger partial charge is 0.384 e. The molecule has 0 saturated carbocycles. The molecule has 2 atom stereocenters. The number of anilines is 4. The summed E-state index contributed by atoms with van der Waals surface area (Å²) in [6.45, 7) is 8.03. The molecule has 3 aliphatic rings. The van der Waals surface area contributed by atoms with E-state index < -0.39 is 11.0 Å². The molecule has 1 amide bonds. The molecule has 1 fully saturated rings. The minimum absolute atomic E-state index is 0.0234. The van der Waals surface area contributed by atoms with Crippen molar-refractivity contribution in [2.24, 2.45) is 5.41 Å². The van der Waals surface area contributed by atoms with Gasteiger partial charge in [-0.25, -0.2) is 23.9 Å². The van der Waals surface area contributed by atoms with Crippen LogP contribution in [-0.2, 0) is 23.8 Å². The first kappa shape index (κ1) is 26.6. The Morgan fingerprint density at radius 2 is 1.82 bits per heavy atom. The lowest BCUT2D eigenvalue weighted by Crippen LogP contribution is -2.48. The zero-order valence-corrected chi connectivity index (χ0v) is 24.0. The molecular weight excluding hydrogens is 524 g/mol. The van der Waals surface area contributed by atoms with Crippen LogP contribution >= 0.6 is 0 Å². The number of nitrogen functional groups attached to an aromatic ring is 2. The molecule has 2 aromatic heterocycles. The summed E-state index contributed by atoms with van der Waals surface area (Å²) < 4.78 is 16.3. The molecule has 1 unspecified atom stereocenters. The second-order valence-corrected chi connectivity index (χ2v) is 14.0. The van der Waals surface area contributed by atoms with Crippen LogP contribution in [0.4, 0.5) is 23.1 Å². The Morgan fingerprint density at radius 3 is 2.55 bits per heavy atom. The molecule has 11 heteroatoms. The molecule has 1 aromatic carbocycles. The summed E-state index contributed by atoms with van der Waals surface area (Å²) in [5.74, 6) is 0.932. The fourth-order valence-electron chi connectivity index (χ4n) is 6.24. The van der Waals surface area contributed by atoms with E-state index in [4.69, 9.17) is 11.5 Å². The third kappa shape index (κ3) is 4.60. The standard InChI is InChI=1S/C29H36N8O2S/c1-28(2,3)40(39)35-25-19-7-5-4-6-18(19)16-29(25)11-14-36(15-12-29)23-17-32-24(26(31)34-23)27(38)37-13-10-20-21(37)8-9-22(30)33-20/h4-9,17,25,35H,10-16H2,1-3H3,(H2,30,33)(H2,31,34)/t25?,40-/m1/s1. The summed E-state index contributed by atoms with van der Waals surface area (Å²) in [7, 11) is -1.18. The van der Waals surface area contributed by atoms with Gasteiger partial charge in [-0.2, -0.15) is 0 Å². The van der Waals surface area contributed by atoms with Crippen LogP contribution in [0.2, 0.25) is 0 Å². The molecule has 40 heavy (non-hydrogen) atoms. The number of carbonyl (C=O) groups is 1. The van der Waals surface area contributed by atoms with Crippen molar-refractivity contribution in [2.45, 2.75) is 57.2 Å². The average Bonchev–Trinajstić information content (AvgIpc) is 3.47. The average molecular weight is 561 g/mol. The molecule has 1 spiro atoms. The maximum Gasteiger partial charge on any atom is 0.280 e. The number of amides is 1. The summed E-state index contributed by atoms with van der Waals surface area (Å²) in [5, 5.41) is 0. The van der Waals surface area contributed by atoms with Gasteiger partial charge in [-0.05, 0) is 68.7 Å². The molecule has 10 nitrogen and oxygen atoms in total. The van der Waals surface area contributed by atoms with Crippen molar-refractivity contribution in [3.63, 3.8) is 0 Å². The van der Waals surface area contributed by atoms with E-state index in [9.17, 15) is 9.00 Å². The second kappa shape index (κ2) is 9.81. The second-order valence-electron chi connectivity index (χ2n) is 12.0. The van der Waals surface area contributed by atoms with Crippen LogP contribution in [0, 0.1) is 5.41 Å². The Morgan fingerprint density at radius 1 is 1.07 bits per heavy atom. The quantitative estimate of drug-likeness (QED) is 0.442. The minimum Gasteiger partial charge on any atom is -0.384 e. The molecule has 1 aliphatic carbocycles. The molecule has 3 aromatic rings. The van der Waals surface area contributed by atoms with E-state index in [0.29, 0.717) is 24.6 Å². The summed E-state index contributed by atoms with van der Waals surface area (Å²) in [4.78, 5) is 30.6. The Hall–Kier alpha value is -3.57. The molecule has 210 valence electrons. The highest BCUT2D eigenvalue weighted by molar-refractivity contribution is 7.84. The van der Waals surface area contributed by atoms with Gasteiger partial charge in [0.2, 0.25) is 0 Å². The molecule has 0 radical (unpaired) electrons. The van der Waals surface area contributed by atoms with Crippen molar-refractivity contribution in [1.82, 2.24) is 19.7 Å². The van der Waals surface area contributed by atoms with Gasteiger partial charge in [0.1, 0.15) is 11.6 Å². The highest BCUT2D eigenvalue weighted by atomic mass is 32.2. The topological polar surface area (TPSA) is 143 Å². The van der Waals surface area contributed by atoms with Crippen LogP contribution in [0.15, 0.2) is 42.6 Å². The smallest absolute Gasteiger partial charge is 0.280 e. The Labute approximate surface area is 237 Å². The maximum atomic E-state index is 13.3. The molecule has 5 N–H and O–H groups in total. The van der Waals surface area contributed by atoms with Gasteiger partial charge in [0.15, 0.2) is 11.5 Å². The Bertz CT molecular complexity index is 1500. The predicted molar refractivity (Wildman–Crippen MR) is 158 cm³/mol. The number of fused-ring (bicyclic) bond motifs is 2. The van der Waals surface area contributed by atoms with Crippen molar-refractivity contribution < 1.29 is 9.00 Å². The SMILES string of the molecule is CC(C)(C)[S@@](=O)NC1c2ccccc2CC12CCN(c1cnc(C(=O)N3CCc4nc(N)ccc43)c(N)n1)CC2. The molecule has 2 aliphatic heterocycles. The zero-order chi connectivity index (χ0) is 28.2. The third-order valence-electron chi connectivity index (χ3n) is 8.45. The first-order chi connectivity index (χ1) is 19.1. The number of piperidine rings is 1. The van der Waals surface area contributed by atoms with Crippen molar-refractivity contribution in [1.29, 1.82) is 0 Å². The fraction of sp³-hybridized carbons (Fsp3) is 0.448. The van der Waals surface area contributed by atoms with Gasteiger partial charge in [0, 0.05) is 26.1 Å². The summed E-state index contributed by atoms with van der Waals surface area (Å²) in [5.41, 5.74) is 16.3. The number of aromatic nitrogens is 3. The molecular formula is C29H36N8O2S. The van der Waals surface area contributed by atoms with Crippen molar-refractivity contribution in [3.05, 3.63) is 65.1 Å². The van der Waals surface area contributed by atoms with E-state index in [1.807, 2.05) is 26.8 Å². The van der Waals surface area contributed by atoms with E-state index in [1.165, 1.54) is 11.1 Å². The van der Waals surface area contributed by atoms with E-state index in [-0.39, 0.29) is 33.6 Å². The van der Waals surface area contributed by atoms with Crippen LogP contribution in [0.25, 0.3) is 0 Å². The van der Waals surface area contributed by atoms with Gasteiger partial charge in [-0.3, -0.25) is 4.79 Å². The number of nitrogens with two attached hydrogens (primary N) is 2. The minimum atomic E-state index is -1.18. The number of nitrogens with one attached hydrogen (secondary N) is 1. The van der Waals surface area contributed by atoms with E-state index in [1.54, 1.807) is 17.2 Å². The number of carbonyl (C=O) groups excluding carboxylic acids is 1. The van der Waals surface area contributed by atoms with E-state index >= 15 is 0 Å². The van der Waals surface area contributed by atoms with Gasteiger partial charge in [-0.1, -0.05) is 24.3 Å². The maximum absolute atomic E-state index is 13.3. The first-order valence-electron chi connectivity index (χ1n) is 13.8. The van der Waals surface area contributed by atoms with Gasteiger partial charge in [-0.15, -0.1) is 0 Å². The summed E-state index contributed by atoms with van der Waals surface area (Å²) in [6.07, 6.45) is 5.05. The zero-order valence-electron chi connectivity index (χ0n) is 23.2. The van der Waals surface area contributed by atoms with Crippen LogP contribution in [0.1, 0.15) is 67.0 Å². The lowest BCUT2D eigenvalue weighted by atomic mass is 9.73. The number of hydrogen-bond donors (Lipinski definition) is 3. The lowest BCUT2D eigenvalue weighted by Gasteiger charge is -2.44. The third-order valence-corrected chi connectivity index (χ3v) is 10.0. The van der Waals surface area contributed by atoms with Gasteiger partial charge in [0.25, 0.3) is 5.91 Å². The van der Waals surface area contributed by atoms with Gasteiger partial charge < -0.3 is 21.3 Å². The monoisotopic (exact) mass is 560 g/mol. The van der Waals surface area contributed by atoms with Gasteiger partial charge >= 0.3 is 0 Å². The number of hydrogen-bond acceptors (Lipinski definition) is 8. The molecule has 1 saturated heterocycles. The van der Waals surface area contributed by atoms with Crippen molar-refractivity contribution in [3.8, 4) is 0 Å². The van der Waals surface area contributed by atoms with E-state index in [0.717, 1.165) is 43.7 Å². The van der Waals surface area contributed by atoms with Crippen LogP contribution in [0.5, 0.6) is 0 Å². The summed E-state index contributed by atoms with van der Waals surface area (Å²) in [6, 6.07) is 12.0. The normalized spacial score (nSPS) is 20.4. The van der Waals surface area contributed by atoms with Crippen LogP contribution in [0.3, 0.4) is 0 Å². The molecule has 4 heterocycles. The van der Waals surface area contributed by atoms with Crippen molar-refractivity contribution in [2.75, 3.05) is 40.9 Å². The first-order valence-corrected chi connectivity index (χ1v) is 14.9. The lowest BCUT2D eigenvalue weighted by molar-refractivity contribution is 0.0985. The Balaban J connectivity index is 1.18. The highest BCUT2D eigenvalue weighted by Crippen LogP contribution is 2.52. The summed E-state index contributed by atoms with van der Waals surface area (Å²) >= 11 is 0. The van der Waals surface area contributed by atoms with Crippen molar-refractivity contribution >= 4 is 40.0 Å². The molecule has 0 bridgehead atoms. The van der Waals surface area contributed by atoms with Gasteiger partial charge in [0.05, 0.1) is 39.4 Å². The number of nitrogens with zero attached hydrogens (tertiary/aromatic N) is 5.